The molecule has 2 rings (SSSR count). The van der Waals surface area contributed by atoms with Crippen molar-refractivity contribution in [3.63, 3.8) is 0 Å². The Bertz CT molecular complexity index is 365. The molecule has 1 aromatic carbocycles. The number of halogens is 1. The van der Waals surface area contributed by atoms with E-state index in [1.54, 1.807) is 12.1 Å². The van der Waals surface area contributed by atoms with Crippen molar-refractivity contribution in [1.29, 1.82) is 0 Å². The molecule has 3 heteroatoms. The second kappa shape index (κ2) is 5.61. The highest BCUT2D eigenvalue weighted by Crippen LogP contribution is 2.25. The largest absolute Gasteiger partial charge is 0.388 e. The summed E-state index contributed by atoms with van der Waals surface area (Å²) in [6.07, 6.45) is 3.96. The molecule has 1 saturated carbocycles. The average molecular weight is 237 g/mol. The van der Waals surface area contributed by atoms with Gasteiger partial charge in [0.05, 0.1) is 6.10 Å². The van der Waals surface area contributed by atoms with Crippen LogP contribution in [-0.2, 0) is 0 Å². The average Bonchev–Trinajstić information content (AvgIpc) is 2.23. The van der Waals surface area contributed by atoms with Crippen LogP contribution in [0.4, 0.5) is 4.39 Å². The molecule has 94 valence electrons. The molecule has 1 fully saturated rings. The fraction of sp³-hybridized carbons (Fsp3) is 0.571. The number of benzene rings is 1. The lowest BCUT2D eigenvalue weighted by Crippen LogP contribution is -2.38. The summed E-state index contributed by atoms with van der Waals surface area (Å²) in [4.78, 5) is 2.30. The molecule has 0 radical (unpaired) electrons. The zero-order valence-corrected chi connectivity index (χ0v) is 10.3. The Morgan fingerprint density at radius 2 is 2.24 bits per heavy atom. The van der Waals surface area contributed by atoms with Gasteiger partial charge >= 0.3 is 0 Å². The van der Waals surface area contributed by atoms with Gasteiger partial charge in [0.15, 0.2) is 0 Å². The molecular formula is C14H20FNO. The van der Waals surface area contributed by atoms with E-state index in [1.807, 2.05) is 0 Å². The van der Waals surface area contributed by atoms with Crippen LogP contribution in [0.5, 0.6) is 0 Å². The van der Waals surface area contributed by atoms with Crippen molar-refractivity contribution in [2.24, 2.45) is 0 Å². The molecule has 0 heterocycles. The molecule has 0 bridgehead atoms. The minimum atomic E-state index is -0.562. The number of rotatable bonds is 5. The second-order valence-corrected chi connectivity index (χ2v) is 4.92. The van der Waals surface area contributed by atoms with Gasteiger partial charge in [0, 0.05) is 12.6 Å². The van der Waals surface area contributed by atoms with Crippen molar-refractivity contribution in [1.82, 2.24) is 4.90 Å². The van der Waals surface area contributed by atoms with Crippen LogP contribution < -0.4 is 0 Å². The van der Waals surface area contributed by atoms with Crippen molar-refractivity contribution in [3.8, 4) is 0 Å². The molecule has 1 aliphatic rings. The van der Waals surface area contributed by atoms with Gasteiger partial charge in [-0.15, -0.1) is 0 Å². The quantitative estimate of drug-likeness (QED) is 0.851. The molecular weight excluding hydrogens is 217 g/mol. The third-order valence-corrected chi connectivity index (χ3v) is 3.69. The number of aliphatic hydroxyl groups is 1. The van der Waals surface area contributed by atoms with Crippen LogP contribution in [0.2, 0.25) is 0 Å². The zero-order valence-electron chi connectivity index (χ0n) is 10.3. The van der Waals surface area contributed by atoms with Gasteiger partial charge in [0.25, 0.3) is 0 Å². The van der Waals surface area contributed by atoms with Crippen LogP contribution in [0.1, 0.15) is 37.4 Å². The van der Waals surface area contributed by atoms with Crippen LogP contribution in [0.25, 0.3) is 0 Å². The molecule has 0 aromatic heterocycles. The Hall–Kier alpha value is -0.930. The molecule has 1 unspecified atom stereocenters. The van der Waals surface area contributed by atoms with Crippen LogP contribution in [0.15, 0.2) is 24.3 Å². The first-order chi connectivity index (χ1) is 8.16. The van der Waals surface area contributed by atoms with E-state index in [1.165, 1.54) is 31.4 Å². The minimum absolute atomic E-state index is 0.283. The maximum Gasteiger partial charge on any atom is 0.123 e. The third-order valence-electron chi connectivity index (χ3n) is 3.69. The Balaban J connectivity index is 1.82. The fourth-order valence-corrected chi connectivity index (χ4v) is 2.22. The number of hydrogen-bond donors (Lipinski definition) is 1. The molecule has 0 spiro atoms. The van der Waals surface area contributed by atoms with Gasteiger partial charge in [-0.1, -0.05) is 18.6 Å². The molecule has 1 atom stereocenters. The van der Waals surface area contributed by atoms with Crippen LogP contribution in [0, 0.1) is 5.82 Å². The second-order valence-electron chi connectivity index (χ2n) is 4.92. The predicted octanol–water partition coefficient (Wildman–Crippen LogP) is 2.73. The summed E-state index contributed by atoms with van der Waals surface area (Å²) in [5, 5.41) is 9.97. The Kier molecular flexibility index (Phi) is 4.13. The van der Waals surface area contributed by atoms with Crippen molar-refractivity contribution < 1.29 is 9.50 Å². The Morgan fingerprint density at radius 1 is 1.47 bits per heavy atom. The number of hydrogen-bond acceptors (Lipinski definition) is 2. The highest BCUT2D eigenvalue weighted by molar-refractivity contribution is 5.18. The molecule has 1 aliphatic carbocycles. The van der Waals surface area contributed by atoms with Crippen molar-refractivity contribution >= 4 is 0 Å². The summed E-state index contributed by atoms with van der Waals surface area (Å²) in [6, 6.07) is 6.92. The first-order valence-corrected chi connectivity index (χ1v) is 6.30. The summed E-state index contributed by atoms with van der Waals surface area (Å²) in [5.41, 5.74) is 0.673. The maximum absolute atomic E-state index is 13.0. The lowest BCUT2D eigenvalue weighted by Gasteiger charge is -2.35. The van der Waals surface area contributed by atoms with E-state index in [0.717, 1.165) is 6.54 Å². The molecule has 2 nitrogen and oxygen atoms in total. The van der Waals surface area contributed by atoms with E-state index in [-0.39, 0.29) is 5.82 Å². The summed E-state index contributed by atoms with van der Waals surface area (Å²) >= 11 is 0. The monoisotopic (exact) mass is 237 g/mol. The summed E-state index contributed by atoms with van der Waals surface area (Å²) in [7, 11) is 2.10. The van der Waals surface area contributed by atoms with E-state index >= 15 is 0 Å². The van der Waals surface area contributed by atoms with E-state index in [0.29, 0.717) is 18.0 Å². The lowest BCUT2D eigenvalue weighted by atomic mass is 9.91. The van der Waals surface area contributed by atoms with Crippen molar-refractivity contribution in [3.05, 3.63) is 35.6 Å². The third kappa shape index (κ3) is 3.27. The van der Waals surface area contributed by atoms with Gasteiger partial charge in [0.2, 0.25) is 0 Å². The minimum Gasteiger partial charge on any atom is -0.388 e. The van der Waals surface area contributed by atoms with Gasteiger partial charge in [-0.25, -0.2) is 4.39 Å². The zero-order chi connectivity index (χ0) is 12.3. The van der Waals surface area contributed by atoms with Crippen LogP contribution in [0.3, 0.4) is 0 Å². The standard InChI is InChI=1S/C14H20FNO/c1-16(13-6-3-7-13)9-8-14(17)11-4-2-5-12(15)10-11/h2,4-5,10,13-14,17H,3,6-9H2,1H3. The number of nitrogens with zero attached hydrogens (tertiary/aromatic N) is 1. The normalized spacial score (nSPS) is 18.1. The van der Waals surface area contributed by atoms with Gasteiger partial charge in [-0.3, -0.25) is 0 Å². The molecule has 1 N–H and O–H groups in total. The summed E-state index contributed by atoms with van der Waals surface area (Å²) in [6.45, 7) is 0.863. The van der Waals surface area contributed by atoms with E-state index in [4.69, 9.17) is 0 Å². The molecule has 0 saturated heterocycles. The van der Waals surface area contributed by atoms with Crippen LogP contribution in [-0.4, -0.2) is 29.6 Å². The first-order valence-electron chi connectivity index (χ1n) is 6.30. The summed E-state index contributed by atoms with van der Waals surface area (Å²) < 4.78 is 13.0. The smallest absolute Gasteiger partial charge is 0.123 e. The van der Waals surface area contributed by atoms with Gasteiger partial charge < -0.3 is 10.0 Å². The van der Waals surface area contributed by atoms with E-state index in [9.17, 15) is 9.50 Å². The fourth-order valence-electron chi connectivity index (χ4n) is 2.22. The number of aliphatic hydroxyl groups excluding tert-OH is 1. The van der Waals surface area contributed by atoms with Gasteiger partial charge in [-0.05, 0) is 44.0 Å². The SMILES string of the molecule is CN(CCC(O)c1cccc(F)c1)C1CCC1. The molecule has 0 amide bonds. The van der Waals surface area contributed by atoms with Crippen molar-refractivity contribution in [2.45, 2.75) is 37.8 Å². The summed E-state index contributed by atoms with van der Waals surface area (Å²) in [5.74, 6) is -0.283. The van der Waals surface area contributed by atoms with E-state index in [2.05, 4.69) is 11.9 Å². The highest BCUT2D eigenvalue weighted by atomic mass is 19.1. The highest BCUT2D eigenvalue weighted by Gasteiger charge is 2.22. The maximum atomic E-state index is 13.0. The molecule has 0 aliphatic heterocycles. The van der Waals surface area contributed by atoms with Gasteiger partial charge in [0.1, 0.15) is 5.82 Å². The van der Waals surface area contributed by atoms with Crippen LogP contribution >= 0.6 is 0 Å². The first kappa shape index (κ1) is 12.5. The van der Waals surface area contributed by atoms with E-state index < -0.39 is 6.10 Å². The topological polar surface area (TPSA) is 23.5 Å². The lowest BCUT2D eigenvalue weighted by molar-refractivity contribution is 0.112. The Morgan fingerprint density at radius 3 is 2.82 bits per heavy atom. The van der Waals surface area contributed by atoms with Gasteiger partial charge in [-0.2, -0.15) is 0 Å². The van der Waals surface area contributed by atoms with Crippen molar-refractivity contribution in [2.75, 3.05) is 13.6 Å². The molecule has 1 aromatic rings. The molecule has 17 heavy (non-hydrogen) atoms. The predicted molar refractivity (Wildman–Crippen MR) is 66.2 cm³/mol. The Labute approximate surface area is 102 Å².